The summed E-state index contributed by atoms with van der Waals surface area (Å²) in [4.78, 5) is 36.2. The summed E-state index contributed by atoms with van der Waals surface area (Å²) >= 11 is 0. The molecule has 40 heavy (non-hydrogen) atoms. The first-order valence-electron chi connectivity index (χ1n) is 13.7. The van der Waals surface area contributed by atoms with Crippen LogP contribution in [0, 0.1) is 0 Å². The molecule has 1 fully saturated rings. The van der Waals surface area contributed by atoms with Gasteiger partial charge < -0.3 is 45.3 Å². The summed E-state index contributed by atoms with van der Waals surface area (Å²) in [5.41, 5.74) is 0.626. The summed E-state index contributed by atoms with van der Waals surface area (Å²) in [6.07, 6.45) is 0.519. The molecule has 1 aliphatic rings. The predicted octanol–water partition coefficient (Wildman–Crippen LogP) is -2.71. The number of aliphatic carboxylic acids is 1. The smallest absolute Gasteiger partial charge is 0.544 e. The molecule has 1 aliphatic heterocycles. The average molecular weight is 575 g/mol. The second-order valence-corrected chi connectivity index (χ2v) is 10.1. The van der Waals surface area contributed by atoms with Gasteiger partial charge in [-0.2, -0.15) is 0 Å². The molecule has 1 aromatic rings. The standard InChI is InChI=1S/C28H44N2O9.Na/c1-3-4-5-6-7-8-12-15-23(34)29-17-22(33)25(35)26-24(30-19(2)31)21(32)16-28(39-26,27(36)37)38-18-20-13-10-9-11-14-20;/h9-11,13-14,21-22,24-26,32-33,35H,3-8,12,15-18H2,1-2H3,(H,29,34)(H,30,31)(H,36,37);/q;+1/p-1/t21-,22+,24+,25-,26+,28+;/m0./s1. The molecule has 1 heterocycles. The molecule has 0 bridgehead atoms. The molecule has 0 aromatic heterocycles. The van der Waals surface area contributed by atoms with Gasteiger partial charge in [0.05, 0.1) is 24.9 Å². The maximum absolute atomic E-state index is 12.2. The van der Waals surface area contributed by atoms with Crippen LogP contribution in [0.4, 0.5) is 0 Å². The van der Waals surface area contributed by atoms with Crippen LogP contribution in [0.15, 0.2) is 30.3 Å². The normalized spacial score (nSPS) is 23.9. The molecule has 1 saturated heterocycles. The number of benzene rings is 1. The number of hydrogen-bond acceptors (Lipinski definition) is 9. The van der Waals surface area contributed by atoms with Gasteiger partial charge >= 0.3 is 29.6 Å². The molecule has 11 nitrogen and oxygen atoms in total. The Morgan fingerprint density at radius 1 is 1.10 bits per heavy atom. The number of nitrogens with one attached hydrogen (secondary N) is 2. The van der Waals surface area contributed by atoms with Crippen molar-refractivity contribution < 1.29 is 73.8 Å². The van der Waals surface area contributed by atoms with E-state index >= 15 is 0 Å². The molecule has 2 amide bonds. The number of ether oxygens (including phenoxy) is 2. The van der Waals surface area contributed by atoms with Crippen molar-refractivity contribution in [2.75, 3.05) is 6.54 Å². The van der Waals surface area contributed by atoms with Gasteiger partial charge in [-0.3, -0.25) is 9.59 Å². The van der Waals surface area contributed by atoms with Crippen molar-refractivity contribution in [3.8, 4) is 0 Å². The number of carboxylic acid groups (broad SMARTS) is 1. The van der Waals surface area contributed by atoms with Crippen molar-refractivity contribution in [2.45, 2.75) is 114 Å². The third-order valence-electron chi connectivity index (χ3n) is 6.82. The monoisotopic (exact) mass is 574 g/mol. The minimum Gasteiger partial charge on any atom is -0.544 e. The number of unbranched alkanes of at least 4 members (excludes halogenated alkanes) is 6. The molecular weight excluding hydrogens is 531 g/mol. The van der Waals surface area contributed by atoms with E-state index in [2.05, 4.69) is 17.6 Å². The Bertz CT molecular complexity index is 907. The topological polar surface area (TPSA) is 177 Å². The van der Waals surface area contributed by atoms with E-state index in [1.165, 1.54) is 26.2 Å². The Hall–Kier alpha value is -1.57. The summed E-state index contributed by atoms with van der Waals surface area (Å²) < 4.78 is 11.2. The molecule has 220 valence electrons. The fourth-order valence-corrected chi connectivity index (χ4v) is 4.60. The Morgan fingerprint density at radius 2 is 1.73 bits per heavy atom. The van der Waals surface area contributed by atoms with Crippen molar-refractivity contribution in [3.63, 3.8) is 0 Å². The van der Waals surface area contributed by atoms with Gasteiger partial charge in [0, 0.05) is 26.3 Å². The minimum atomic E-state index is -2.46. The van der Waals surface area contributed by atoms with E-state index in [4.69, 9.17) is 9.47 Å². The predicted molar refractivity (Wildman–Crippen MR) is 140 cm³/mol. The minimum absolute atomic E-state index is 0. The van der Waals surface area contributed by atoms with Gasteiger partial charge in [-0.05, 0) is 12.0 Å². The molecule has 5 N–H and O–H groups in total. The molecule has 6 atom stereocenters. The van der Waals surface area contributed by atoms with Gasteiger partial charge in [0.15, 0.2) is 0 Å². The molecule has 2 rings (SSSR count). The number of amides is 2. The number of carbonyl (C=O) groups excluding carboxylic acids is 3. The fraction of sp³-hybridized carbons (Fsp3) is 0.679. The van der Waals surface area contributed by atoms with Gasteiger partial charge in [0.25, 0.3) is 0 Å². The van der Waals surface area contributed by atoms with Crippen molar-refractivity contribution in [1.29, 1.82) is 0 Å². The van der Waals surface area contributed by atoms with Crippen molar-refractivity contribution in [3.05, 3.63) is 35.9 Å². The number of aliphatic hydroxyl groups excluding tert-OH is 3. The summed E-state index contributed by atoms with van der Waals surface area (Å²) in [6, 6.07) is 7.39. The van der Waals surface area contributed by atoms with Crippen LogP contribution < -0.4 is 45.3 Å². The first-order chi connectivity index (χ1) is 18.6. The van der Waals surface area contributed by atoms with Crippen molar-refractivity contribution in [1.82, 2.24) is 10.6 Å². The van der Waals surface area contributed by atoms with Gasteiger partial charge in [-0.25, -0.2) is 0 Å². The second-order valence-electron chi connectivity index (χ2n) is 10.1. The largest absolute Gasteiger partial charge is 1.00 e. The molecule has 12 heteroatoms. The van der Waals surface area contributed by atoms with Crippen LogP contribution in [0.25, 0.3) is 0 Å². The molecule has 0 unspecified atom stereocenters. The van der Waals surface area contributed by atoms with Crippen molar-refractivity contribution in [2.24, 2.45) is 0 Å². The quantitative estimate of drug-likeness (QED) is 0.0978. The SMILES string of the molecule is CCCCCCCCCC(=O)NC[C@@H](O)[C@H](O)[C@@H]1O[C@@](OCc2ccccc2)(C(=O)[O-])C[C@H](O)[C@H]1NC(C)=O.[Na+]. The number of rotatable bonds is 17. The van der Waals surface area contributed by atoms with Gasteiger partial charge in [-0.1, -0.05) is 75.8 Å². The first-order valence-corrected chi connectivity index (χ1v) is 13.7. The molecular formula is C28H43N2NaO9. The number of hydrogen-bond donors (Lipinski definition) is 5. The molecule has 0 saturated carbocycles. The van der Waals surface area contributed by atoms with E-state index in [-0.39, 0.29) is 55.0 Å². The summed E-state index contributed by atoms with van der Waals surface area (Å²) in [6.45, 7) is 2.79. The third-order valence-corrected chi connectivity index (χ3v) is 6.82. The van der Waals surface area contributed by atoms with Crippen LogP contribution in [-0.2, 0) is 30.5 Å². The van der Waals surface area contributed by atoms with Gasteiger partial charge in [0.1, 0.15) is 18.2 Å². The molecule has 0 spiro atoms. The Morgan fingerprint density at radius 3 is 2.33 bits per heavy atom. The van der Waals surface area contributed by atoms with Crippen LogP contribution >= 0.6 is 0 Å². The van der Waals surface area contributed by atoms with Crippen LogP contribution in [0.3, 0.4) is 0 Å². The van der Waals surface area contributed by atoms with E-state index in [0.717, 1.165) is 19.3 Å². The average Bonchev–Trinajstić information content (AvgIpc) is 2.91. The van der Waals surface area contributed by atoms with Crippen LogP contribution in [-0.4, -0.2) is 75.9 Å². The number of carbonyl (C=O) groups is 3. The fourth-order valence-electron chi connectivity index (χ4n) is 4.60. The van der Waals surface area contributed by atoms with Crippen LogP contribution in [0.2, 0.25) is 0 Å². The van der Waals surface area contributed by atoms with E-state index in [1.807, 2.05) is 0 Å². The molecule has 1 aromatic carbocycles. The van der Waals surface area contributed by atoms with Crippen LogP contribution in [0.1, 0.15) is 77.2 Å². The summed E-state index contributed by atoms with van der Waals surface area (Å²) in [5.74, 6) is -5.11. The Labute approximate surface area is 258 Å². The van der Waals surface area contributed by atoms with Gasteiger partial charge in [-0.15, -0.1) is 0 Å². The second kappa shape index (κ2) is 18.8. The zero-order valence-corrected chi connectivity index (χ0v) is 25.8. The maximum atomic E-state index is 12.2. The zero-order chi connectivity index (χ0) is 28.8. The Balaban J connectivity index is 0.00000800. The van der Waals surface area contributed by atoms with Crippen LogP contribution in [0.5, 0.6) is 0 Å². The summed E-state index contributed by atoms with van der Waals surface area (Å²) in [5, 5.41) is 49.5. The molecule has 0 radical (unpaired) electrons. The Kier molecular flexibility index (Phi) is 17.1. The third kappa shape index (κ3) is 11.7. The number of aliphatic hydroxyl groups is 3. The first kappa shape index (κ1) is 36.5. The number of carboxylic acids is 1. The van der Waals surface area contributed by atoms with E-state index < -0.39 is 54.5 Å². The van der Waals surface area contributed by atoms with E-state index in [9.17, 15) is 34.8 Å². The molecule has 0 aliphatic carbocycles. The maximum Gasteiger partial charge on any atom is 1.00 e. The van der Waals surface area contributed by atoms with E-state index in [0.29, 0.717) is 12.0 Å². The van der Waals surface area contributed by atoms with E-state index in [1.54, 1.807) is 30.3 Å². The zero-order valence-electron chi connectivity index (χ0n) is 23.8. The summed E-state index contributed by atoms with van der Waals surface area (Å²) in [7, 11) is 0. The van der Waals surface area contributed by atoms with Gasteiger partial charge in [0.2, 0.25) is 17.6 Å². The van der Waals surface area contributed by atoms with Crippen molar-refractivity contribution >= 4 is 17.8 Å².